The number of amides is 1. The number of benzene rings is 2. The minimum atomic E-state index is -0.305. The molecule has 8 nitrogen and oxygen atoms in total. The lowest BCUT2D eigenvalue weighted by atomic mass is 10.1. The van der Waals surface area contributed by atoms with Gasteiger partial charge in [-0.3, -0.25) is 14.1 Å². The summed E-state index contributed by atoms with van der Waals surface area (Å²) >= 11 is 0. The molecule has 0 unspecified atom stereocenters. The molecule has 4 heterocycles. The van der Waals surface area contributed by atoms with Crippen molar-refractivity contribution in [1.82, 2.24) is 29.2 Å². The lowest BCUT2D eigenvalue weighted by Crippen LogP contribution is -2.46. The third-order valence-electron chi connectivity index (χ3n) is 7.42. The van der Waals surface area contributed by atoms with Gasteiger partial charge < -0.3 is 10.2 Å². The Kier molecular flexibility index (Phi) is 7.43. The van der Waals surface area contributed by atoms with E-state index in [1.165, 1.54) is 12.1 Å². The van der Waals surface area contributed by atoms with E-state index in [1.807, 2.05) is 63.8 Å². The van der Waals surface area contributed by atoms with Crippen molar-refractivity contribution in [3.8, 4) is 22.6 Å². The van der Waals surface area contributed by atoms with Gasteiger partial charge in [0.2, 0.25) is 11.9 Å². The molecule has 0 aliphatic carbocycles. The monoisotopic (exact) mass is 549 g/mol. The Morgan fingerprint density at radius 2 is 1.83 bits per heavy atom. The second-order valence-corrected chi connectivity index (χ2v) is 10.5. The fourth-order valence-corrected chi connectivity index (χ4v) is 5.08. The molecular formula is C32H32FN7O. The number of pyridine rings is 1. The van der Waals surface area contributed by atoms with Gasteiger partial charge in [0, 0.05) is 37.6 Å². The van der Waals surface area contributed by atoms with Crippen molar-refractivity contribution in [3.63, 3.8) is 0 Å². The van der Waals surface area contributed by atoms with Crippen LogP contribution in [0.4, 0.5) is 10.3 Å². The van der Waals surface area contributed by atoms with Crippen molar-refractivity contribution in [2.45, 2.75) is 25.9 Å². The maximum Gasteiger partial charge on any atom is 0.236 e. The summed E-state index contributed by atoms with van der Waals surface area (Å²) in [7, 11) is 1.95. The highest BCUT2D eigenvalue weighted by Crippen LogP contribution is 2.33. The zero-order valence-electron chi connectivity index (χ0n) is 23.2. The molecule has 1 saturated heterocycles. The van der Waals surface area contributed by atoms with Crippen LogP contribution in [0.3, 0.4) is 0 Å². The van der Waals surface area contributed by atoms with Crippen molar-refractivity contribution in [2.75, 3.05) is 32.0 Å². The molecule has 1 aliphatic heterocycles. The van der Waals surface area contributed by atoms with E-state index in [-0.39, 0.29) is 17.8 Å². The number of likely N-dealkylation sites (N-methyl/N-ethyl adjacent to an activating group) is 1. The minimum Gasteiger partial charge on any atom is -0.348 e. The van der Waals surface area contributed by atoms with E-state index >= 15 is 0 Å². The summed E-state index contributed by atoms with van der Waals surface area (Å²) in [5.74, 6) is 0.362. The van der Waals surface area contributed by atoms with Crippen molar-refractivity contribution < 1.29 is 9.18 Å². The molecule has 9 heteroatoms. The molecule has 3 aromatic heterocycles. The van der Waals surface area contributed by atoms with E-state index in [2.05, 4.69) is 29.4 Å². The second-order valence-electron chi connectivity index (χ2n) is 10.5. The molecule has 0 saturated carbocycles. The molecule has 1 N–H and O–H groups in total. The number of rotatable bonds is 9. The fraction of sp³-hybridized carbons (Fsp3) is 0.250. The summed E-state index contributed by atoms with van der Waals surface area (Å²) in [6.45, 7) is 4.77. The maximum absolute atomic E-state index is 13.8. The number of halogens is 1. The lowest BCUT2D eigenvalue weighted by molar-refractivity contribution is -0.135. The van der Waals surface area contributed by atoms with Crippen LogP contribution in [0, 0.1) is 5.82 Å². The van der Waals surface area contributed by atoms with E-state index in [1.54, 1.807) is 18.3 Å². The normalized spacial score (nSPS) is 13.8. The summed E-state index contributed by atoms with van der Waals surface area (Å²) in [5.41, 5.74) is 5.88. The van der Waals surface area contributed by atoms with Gasteiger partial charge in [0.05, 0.1) is 29.7 Å². The Balaban J connectivity index is 1.33. The zero-order valence-corrected chi connectivity index (χ0v) is 23.2. The Hall–Kier alpha value is -4.63. The fourth-order valence-electron chi connectivity index (χ4n) is 5.08. The van der Waals surface area contributed by atoms with Crippen LogP contribution in [0.1, 0.15) is 30.5 Å². The Labute approximate surface area is 238 Å². The van der Waals surface area contributed by atoms with Crippen LogP contribution in [0.25, 0.3) is 28.3 Å². The molecular weight excluding hydrogens is 517 g/mol. The van der Waals surface area contributed by atoms with Crippen LogP contribution >= 0.6 is 0 Å². The number of hydrogen-bond donors (Lipinski definition) is 1. The van der Waals surface area contributed by atoms with Crippen LogP contribution in [-0.2, 0) is 11.3 Å². The highest BCUT2D eigenvalue weighted by Gasteiger charge is 2.22. The van der Waals surface area contributed by atoms with Gasteiger partial charge in [-0.05, 0) is 74.0 Å². The summed E-state index contributed by atoms with van der Waals surface area (Å²) < 4.78 is 15.8. The molecule has 0 spiro atoms. The van der Waals surface area contributed by atoms with Crippen molar-refractivity contribution in [3.05, 3.63) is 102 Å². The van der Waals surface area contributed by atoms with Crippen LogP contribution in [0.5, 0.6) is 0 Å². The summed E-state index contributed by atoms with van der Waals surface area (Å²) in [6, 6.07) is 22.4. The van der Waals surface area contributed by atoms with E-state index in [4.69, 9.17) is 9.97 Å². The molecule has 0 radical (unpaired) electrons. The molecule has 1 aliphatic rings. The highest BCUT2D eigenvalue weighted by atomic mass is 19.1. The molecule has 0 bridgehead atoms. The molecule has 41 heavy (non-hydrogen) atoms. The second kappa shape index (κ2) is 11.5. The molecule has 2 aromatic carbocycles. The Morgan fingerprint density at radius 3 is 2.56 bits per heavy atom. The number of nitrogens with one attached hydrogen (secondary N) is 1. The standard InChI is InChI=1S/C32H32FN7O/c1-22(24-7-4-3-5-8-24)35-32-34-15-13-27(36-32)31-30(25-9-11-26(33)12-10-25)37-28-19-23(14-18-40(28)31)20-38(2)21-29(41)39-16-6-17-39/h3-5,7-15,18-19,22H,6,16-17,20-21H2,1-2H3,(H,34,35,36)/t22-/m0/s1. The van der Waals surface area contributed by atoms with Gasteiger partial charge in [0.1, 0.15) is 11.5 Å². The van der Waals surface area contributed by atoms with Gasteiger partial charge in [0.15, 0.2) is 0 Å². The maximum atomic E-state index is 13.8. The van der Waals surface area contributed by atoms with Gasteiger partial charge in [0.25, 0.3) is 0 Å². The summed E-state index contributed by atoms with van der Waals surface area (Å²) in [4.78, 5) is 30.6. The number of fused-ring (bicyclic) bond motifs is 1. The number of aromatic nitrogens is 4. The van der Waals surface area contributed by atoms with Crippen LogP contribution in [0.2, 0.25) is 0 Å². The summed E-state index contributed by atoms with van der Waals surface area (Å²) in [6.07, 6.45) is 4.79. The number of carbonyl (C=O) groups is 1. The SMILES string of the molecule is C[C@H](Nc1nccc(-c2c(-c3ccc(F)cc3)nc3cc(CN(C)CC(=O)N4CCC4)ccn23)n1)c1ccccc1. The molecule has 1 atom stereocenters. The van der Waals surface area contributed by atoms with Gasteiger partial charge >= 0.3 is 0 Å². The van der Waals surface area contributed by atoms with E-state index in [0.29, 0.717) is 30.4 Å². The van der Waals surface area contributed by atoms with Crippen molar-refractivity contribution >= 4 is 17.5 Å². The van der Waals surface area contributed by atoms with Crippen molar-refractivity contribution in [2.24, 2.45) is 0 Å². The number of likely N-dealkylation sites (tertiary alicyclic amines) is 1. The number of nitrogens with zero attached hydrogens (tertiary/aromatic N) is 6. The van der Waals surface area contributed by atoms with E-state index < -0.39 is 0 Å². The number of imidazole rings is 1. The largest absolute Gasteiger partial charge is 0.348 e. The smallest absolute Gasteiger partial charge is 0.236 e. The van der Waals surface area contributed by atoms with Crippen molar-refractivity contribution in [1.29, 1.82) is 0 Å². The first-order valence-electron chi connectivity index (χ1n) is 13.8. The topological polar surface area (TPSA) is 78.7 Å². The predicted octanol–water partition coefficient (Wildman–Crippen LogP) is 5.43. The van der Waals surface area contributed by atoms with Gasteiger partial charge in [-0.25, -0.2) is 19.3 Å². The molecule has 6 rings (SSSR count). The zero-order chi connectivity index (χ0) is 28.3. The lowest BCUT2D eigenvalue weighted by Gasteiger charge is -2.32. The first kappa shape index (κ1) is 26.6. The van der Waals surface area contributed by atoms with Crippen LogP contribution < -0.4 is 5.32 Å². The van der Waals surface area contributed by atoms with Gasteiger partial charge in [-0.1, -0.05) is 30.3 Å². The molecule has 1 fully saturated rings. The Bertz CT molecular complexity index is 1670. The van der Waals surface area contributed by atoms with E-state index in [9.17, 15) is 9.18 Å². The third kappa shape index (κ3) is 5.81. The number of hydrogen-bond acceptors (Lipinski definition) is 6. The Morgan fingerprint density at radius 1 is 1.05 bits per heavy atom. The quantitative estimate of drug-likeness (QED) is 0.264. The highest BCUT2D eigenvalue weighted by molar-refractivity contribution is 5.81. The first-order valence-corrected chi connectivity index (χ1v) is 13.8. The van der Waals surface area contributed by atoms with Gasteiger partial charge in [-0.2, -0.15) is 0 Å². The minimum absolute atomic E-state index is 0.0118. The number of anilines is 1. The molecule has 208 valence electrons. The third-order valence-corrected chi connectivity index (χ3v) is 7.42. The van der Waals surface area contributed by atoms with Gasteiger partial charge in [-0.15, -0.1) is 0 Å². The van der Waals surface area contributed by atoms with Crippen LogP contribution in [0.15, 0.2) is 85.2 Å². The first-order chi connectivity index (χ1) is 19.9. The molecule has 1 amide bonds. The summed E-state index contributed by atoms with van der Waals surface area (Å²) in [5, 5.41) is 3.40. The average molecular weight is 550 g/mol. The van der Waals surface area contributed by atoms with E-state index in [0.717, 1.165) is 47.5 Å². The predicted molar refractivity (Wildman–Crippen MR) is 158 cm³/mol. The molecule has 5 aromatic rings. The van der Waals surface area contributed by atoms with Crippen LogP contribution in [-0.4, -0.2) is 61.7 Å². The average Bonchev–Trinajstić information content (AvgIpc) is 3.31. The number of carbonyl (C=O) groups excluding carboxylic acids is 1.